The van der Waals surface area contributed by atoms with Crippen molar-refractivity contribution in [1.82, 2.24) is 9.97 Å². The Morgan fingerprint density at radius 1 is 1.09 bits per heavy atom. The van der Waals surface area contributed by atoms with Crippen molar-refractivity contribution in [3.63, 3.8) is 0 Å². The van der Waals surface area contributed by atoms with Gasteiger partial charge in [-0.05, 0) is 48.4 Å². The first-order valence-corrected chi connectivity index (χ1v) is 12.1. The highest BCUT2D eigenvalue weighted by Crippen LogP contribution is 2.29. The van der Waals surface area contributed by atoms with Gasteiger partial charge in [0.25, 0.3) is 0 Å². The lowest BCUT2D eigenvalue weighted by Crippen LogP contribution is -2.52. The second-order valence-corrected chi connectivity index (χ2v) is 9.17. The SMILES string of the molecule is COC1CN(c2cc(Cc3nccc(-c4ccc(OC5CCOCC5)c(C#N)c4)n3)ccc2C)C1. The molecule has 35 heavy (non-hydrogen) atoms. The third-order valence-electron chi connectivity index (χ3n) is 6.72. The summed E-state index contributed by atoms with van der Waals surface area (Å²) in [5.41, 5.74) is 5.85. The minimum atomic E-state index is 0.0865. The molecular weight excluding hydrogens is 440 g/mol. The fourth-order valence-electron chi connectivity index (χ4n) is 4.57. The van der Waals surface area contributed by atoms with Crippen LogP contribution in [0.5, 0.6) is 5.75 Å². The van der Waals surface area contributed by atoms with Crippen LogP contribution < -0.4 is 9.64 Å². The van der Waals surface area contributed by atoms with E-state index in [0.717, 1.165) is 43.0 Å². The normalized spacial score (nSPS) is 16.5. The Morgan fingerprint density at radius 2 is 1.91 bits per heavy atom. The molecule has 7 nitrogen and oxygen atoms in total. The number of aryl methyl sites for hydroxylation is 1. The van der Waals surface area contributed by atoms with Gasteiger partial charge in [-0.1, -0.05) is 12.1 Å². The zero-order chi connectivity index (χ0) is 24.2. The maximum Gasteiger partial charge on any atom is 0.137 e. The summed E-state index contributed by atoms with van der Waals surface area (Å²) in [5, 5.41) is 9.72. The van der Waals surface area contributed by atoms with E-state index >= 15 is 0 Å². The van der Waals surface area contributed by atoms with E-state index in [1.807, 2.05) is 24.3 Å². The van der Waals surface area contributed by atoms with E-state index in [4.69, 9.17) is 19.2 Å². The van der Waals surface area contributed by atoms with Gasteiger partial charge < -0.3 is 19.1 Å². The summed E-state index contributed by atoms with van der Waals surface area (Å²) >= 11 is 0. The standard InChI is InChI=1S/C28H30N4O3/c1-19-3-4-20(13-26(19)32-17-24(18-32)33-2)14-28-30-10-7-25(31-28)21-5-6-27(22(15-21)16-29)35-23-8-11-34-12-9-23/h3-7,10,13,15,23-24H,8-9,11-12,14,17-18H2,1-2H3. The first kappa shape index (κ1) is 23.3. The van der Waals surface area contributed by atoms with Gasteiger partial charge in [0.05, 0.1) is 30.6 Å². The number of hydrogen-bond acceptors (Lipinski definition) is 7. The highest BCUT2D eigenvalue weighted by atomic mass is 16.5. The van der Waals surface area contributed by atoms with E-state index in [-0.39, 0.29) is 6.10 Å². The molecule has 7 heteroatoms. The summed E-state index contributed by atoms with van der Waals surface area (Å²) in [6, 6.07) is 16.4. The fraction of sp³-hybridized carbons (Fsp3) is 0.393. The van der Waals surface area contributed by atoms with Crippen LogP contribution in [-0.2, 0) is 15.9 Å². The van der Waals surface area contributed by atoms with Gasteiger partial charge in [0, 0.05) is 56.9 Å². The topological polar surface area (TPSA) is 80.5 Å². The number of ether oxygens (including phenoxy) is 3. The Morgan fingerprint density at radius 3 is 2.69 bits per heavy atom. The highest BCUT2D eigenvalue weighted by Gasteiger charge is 2.27. The molecule has 0 bridgehead atoms. The molecular formula is C28H30N4O3. The minimum Gasteiger partial charge on any atom is -0.489 e. The third kappa shape index (κ3) is 5.29. The van der Waals surface area contributed by atoms with Crippen molar-refractivity contribution >= 4 is 5.69 Å². The molecule has 2 fully saturated rings. The zero-order valence-corrected chi connectivity index (χ0v) is 20.2. The molecule has 180 valence electrons. The average Bonchev–Trinajstić information content (AvgIpc) is 2.86. The average molecular weight is 471 g/mol. The number of aromatic nitrogens is 2. The van der Waals surface area contributed by atoms with Gasteiger partial charge in [0.15, 0.2) is 0 Å². The predicted molar refractivity (Wildman–Crippen MR) is 134 cm³/mol. The molecule has 0 aliphatic carbocycles. The first-order valence-electron chi connectivity index (χ1n) is 12.1. The molecule has 0 N–H and O–H groups in total. The van der Waals surface area contributed by atoms with Crippen LogP contribution >= 0.6 is 0 Å². The molecule has 0 atom stereocenters. The second-order valence-electron chi connectivity index (χ2n) is 9.17. The first-order chi connectivity index (χ1) is 17.1. The number of nitriles is 1. The summed E-state index contributed by atoms with van der Waals surface area (Å²) in [7, 11) is 1.77. The van der Waals surface area contributed by atoms with Crippen LogP contribution in [0.1, 0.15) is 35.4 Å². The van der Waals surface area contributed by atoms with Crippen LogP contribution in [0.2, 0.25) is 0 Å². The van der Waals surface area contributed by atoms with Gasteiger partial charge in [-0.25, -0.2) is 9.97 Å². The number of anilines is 1. The van der Waals surface area contributed by atoms with Crippen LogP contribution in [-0.4, -0.2) is 55.6 Å². The van der Waals surface area contributed by atoms with E-state index < -0.39 is 0 Å². The maximum atomic E-state index is 9.72. The quantitative estimate of drug-likeness (QED) is 0.509. The molecule has 0 saturated carbocycles. The van der Waals surface area contributed by atoms with Crippen molar-refractivity contribution in [2.75, 3.05) is 38.3 Å². The lowest BCUT2D eigenvalue weighted by atomic mass is 10.0. The number of rotatable bonds is 7. The van der Waals surface area contributed by atoms with Crippen molar-refractivity contribution < 1.29 is 14.2 Å². The largest absolute Gasteiger partial charge is 0.489 e. The summed E-state index contributed by atoms with van der Waals surface area (Å²) < 4.78 is 16.9. The van der Waals surface area contributed by atoms with E-state index in [9.17, 15) is 5.26 Å². The Labute approximate surface area is 206 Å². The maximum absolute atomic E-state index is 9.72. The van der Waals surface area contributed by atoms with E-state index in [1.165, 1.54) is 16.8 Å². The number of nitrogens with zero attached hydrogens (tertiary/aromatic N) is 4. The van der Waals surface area contributed by atoms with Crippen molar-refractivity contribution in [3.05, 3.63) is 71.2 Å². The van der Waals surface area contributed by atoms with Gasteiger partial charge in [-0.3, -0.25) is 0 Å². The molecule has 2 aliphatic rings. The zero-order valence-electron chi connectivity index (χ0n) is 20.2. The molecule has 3 heterocycles. The Kier molecular flexibility index (Phi) is 6.94. The Bertz CT molecular complexity index is 1230. The molecule has 0 unspecified atom stereocenters. The lowest BCUT2D eigenvalue weighted by Gasteiger charge is -2.41. The van der Waals surface area contributed by atoms with Crippen LogP contribution in [0.3, 0.4) is 0 Å². The molecule has 5 rings (SSSR count). The van der Waals surface area contributed by atoms with Crippen molar-refractivity contribution in [2.24, 2.45) is 0 Å². The minimum absolute atomic E-state index is 0.0865. The molecule has 0 spiro atoms. The van der Waals surface area contributed by atoms with Crippen LogP contribution in [0.15, 0.2) is 48.7 Å². The van der Waals surface area contributed by atoms with Gasteiger partial charge in [-0.15, -0.1) is 0 Å². The summed E-state index contributed by atoms with van der Waals surface area (Å²) in [4.78, 5) is 11.7. The van der Waals surface area contributed by atoms with Crippen LogP contribution in [0.25, 0.3) is 11.3 Å². The van der Waals surface area contributed by atoms with E-state index in [2.05, 4.69) is 41.1 Å². The number of methoxy groups -OCH3 is 1. The smallest absolute Gasteiger partial charge is 0.137 e. The van der Waals surface area contributed by atoms with Crippen LogP contribution in [0.4, 0.5) is 5.69 Å². The van der Waals surface area contributed by atoms with E-state index in [0.29, 0.717) is 37.1 Å². The molecule has 3 aromatic rings. The van der Waals surface area contributed by atoms with E-state index in [1.54, 1.807) is 13.3 Å². The van der Waals surface area contributed by atoms with Crippen molar-refractivity contribution in [1.29, 1.82) is 5.26 Å². The summed E-state index contributed by atoms with van der Waals surface area (Å²) in [5.74, 6) is 1.36. The predicted octanol–water partition coefficient (Wildman–Crippen LogP) is 4.31. The summed E-state index contributed by atoms with van der Waals surface area (Å²) in [6.45, 7) is 5.37. The Balaban J connectivity index is 1.32. The lowest BCUT2D eigenvalue weighted by molar-refractivity contribution is 0.0254. The monoisotopic (exact) mass is 470 g/mol. The van der Waals surface area contributed by atoms with Crippen LogP contribution in [0, 0.1) is 18.3 Å². The van der Waals surface area contributed by atoms with Gasteiger partial charge in [0.1, 0.15) is 23.7 Å². The number of benzene rings is 2. The third-order valence-corrected chi connectivity index (χ3v) is 6.72. The van der Waals surface area contributed by atoms with Crippen molar-refractivity contribution in [3.8, 4) is 23.1 Å². The molecule has 2 aromatic carbocycles. The molecule has 2 saturated heterocycles. The summed E-state index contributed by atoms with van der Waals surface area (Å²) in [6.07, 6.45) is 4.50. The molecule has 1 aromatic heterocycles. The molecule has 0 radical (unpaired) electrons. The van der Waals surface area contributed by atoms with Crippen molar-refractivity contribution in [2.45, 2.75) is 38.4 Å². The highest BCUT2D eigenvalue weighted by molar-refractivity contribution is 5.64. The van der Waals surface area contributed by atoms with Gasteiger partial charge in [-0.2, -0.15) is 5.26 Å². The van der Waals surface area contributed by atoms with Gasteiger partial charge >= 0.3 is 0 Å². The Hall–Kier alpha value is -3.47. The molecule has 2 aliphatic heterocycles. The second kappa shape index (κ2) is 10.4. The fourth-order valence-corrected chi connectivity index (χ4v) is 4.57. The molecule has 0 amide bonds. The number of hydrogen-bond donors (Lipinski definition) is 0. The van der Waals surface area contributed by atoms with Gasteiger partial charge in [0.2, 0.25) is 0 Å².